The highest BCUT2D eigenvalue weighted by Crippen LogP contribution is 2.06. The molecule has 0 aliphatic carbocycles. The van der Waals surface area contributed by atoms with Gasteiger partial charge >= 0.3 is 5.97 Å². The van der Waals surface area contributed by atoms with Gasteiger partial charge in [-0.15, -0.1) is 0 Å². The van der Waals surface area contributed by atoms with Crippen molar-refractivity contribution in [2.75, 3.05) is 7.11 Å². The average molecular weight is 168 g/mol. The van der Waals surface area contributed by atoms with E-state index in [1.165, 1.54) is 7.11 Å². The van der Waals surface area contributed by atoms with Crippen molar-refractivity contribution in [3.8, 4) is 0 Å². The standard InChI is InChI=1S/C8H12N2O2/c1-6-4-9-10(5-6)7(2)8(11)12-3/h4-5,7H,1-3H3. The second-order valence-corrected chi connectivity index (χ2v) is 2.70. The number of carbonyl (C=O) groups is 1. The Morgan fingerprint density at radius 2 is 2.42 bits per heavy atom. The molecule has 1 atom stereocenters. The van der Waals surface area contributed by atoms with E-state index in [9.17, 15) is 4.79 Å². The number of aromatic nitrogens is 2. The summed E-state index contributed by atoms with van der Waals surface area (Å²) in [6.07, 6.45) is 3.51. The van der Waals surface area contributed by atoms with Crippen molar-refractivity contribution < 1.29 is 9.53 Å². The largest absolute Gasteiger partial charge is 0.467 e. The van der Waals surface area contributed by atoms with Crippen LogP contribution in [0.15, 0.2) is 12.4 Å². The first kappa shape index (κ1) is 8.77. The topological polar surface area (TPSA) is 44.1 Å². The molecule has 0 radical (unpaired) electrons. The maximum atomic E-state index is 11.0. The molecule has 0 amide bonds. The molecular formula is C8H12N2O2. The second kappa shape index (κ2) is 3.38. The lowest BCUT2D eigenvalue weighted by Gasteiger charge is -2.08. The van der Waals surface area contributed by atoms with Crippen LogP contribution in [0.1, 0.15) is 18.5 Å². The molecule has 0 saturated heterocycles. The van der Waals surface area contributed by atoms with Gasteiger partial charge in [-0.1, -0.05) is 0 Å². The van der Waals surface area contributed by atoms with Crippen LogP contribution in [0, 0.1) is 6.92 Å². The molecule has 0 aliphatic rings. The van der Waals surface area contributed by atoms with E-state index < -0.39 is 0 Å². The Kier molecular flexibility index (Phi) is 2.47. The van der Waals surface area contributed by atoms with Crippen molar-refractivity contribution >= 4 is 5.97 Å². The molecule has 4 nitrogen and oxygen atoms in total. The lowest BCUT2D eigenvalue weighted by atomic mass is 10.3. The van der Waals surface area contributed by atoms with Crippen LogP contribution in [0.25, 0.3) is 0 Å². The Morgan fingerprint density at radius 3 is 2.83 bits per heavy atom. The lowest BCUT2D eigenvalue weighted by molar-refractivity contribution is -0.144. The highest BCUT2D eigenvalue weighted by Gasteiger charge is 2.14. The van der Waals surface area contributed by atoms with E-state index in [-0.39, 0.29) is 12.0 Å². The molecule has 0 N–H and O–H groups in total. The summed E-state index contributed by atoms with van der Waals surface area (Å²) in [5, 5.41) is 4.00. The Morgan fingerprint density at radius 1 is 1.75 bits per heavy atom. The van der Waals surface area contributed by atoms with Crippen LogP contribution < -0.4 is 0 Å². The van der Waals surface area contributed by atoms with Gasteiger partial charge in [0.15, 0.2) is 0 Å². The molecule has 0 bridgehead atoms. The van der Waals surface area contributed by atoms with E-state index in [0.717, 1.165) is 5.56 Å². The Bertz CT molecular complexity index is 280. The number of esters is 1. The molecule has 4 heteroatoms. The predicted molar refractivity (Wildman–Crippen MR) is 43.7 cm³/mol. The van der Waals surface area contributed by atoms with E-state index in [1.807, 2.05) is 13.1 Å². The molecular weight excluding hydrogens is 156 g/mol. The predicted octanol–water partition coefficient (Wildman–Crippen LogP) is 0.926. The fourth-order valence-corrected chi connectivity index (χ4v) is 0.923. The molecule has 0 saturated carbocycles. The number of nitrogens with zero attached hydrogens (tertiary/aromatic N) is 2. The molecule has 0 aromatic carbocycles. The van der Waals surface area contributed by atoms with Gasteiger partial charge in [-0.3, -0.25) is 4.68 Å². The first-order valence-corrected chi connectivity index (χ1v) is 3.73. The van der Waals surface area contributed by atoms with Gasteiger partial charge in [-0.25, -0.2) is 4.79 Å². The van der Waals surface area contributed by atoms with Gasteiger partial charge in [0.1, 0.15) is 6.04 Å². The molecule has 1 rings (SSSR count). The van der Waals surface area contributed by atoms with Crippen molar-refractivity contribution in [2.24, 2.45) is 0 Å². The quantitative estimate of drug-likeness (QED) is 0.617. The van der Waals surface area contributed by atoms with Gasteiger partial charge in [-0.05, 0) is 19.4 Å². The van der Waals surface area contributed by atoms with E-state index in [4.69, 9.17) is 0 Å². The molecule has 1 aromatic heterocycles. The Hall–Kier alpha value is -1.32. The monoisotopic (exact) mass is 168 g/mol. The number of carbonyl (C=O) groups excluding carboxylic acids is 1. The minimum absolute atomic E-state index is 0.280. The Balaban J connectivity index is 2.77. The van der Waals surface area contributed by atoms with Crippen LogP contribution in [0.3, 0.4) is 0 Å². The van der Waals surface area contributed by atoms with Crippen molar-refractivity contribution in [1.82, 2.24) is 9.78 Å². The zero-order chi connectivity index (χ0) is 9.14. The summed E-state index contributed by atoms with van der Waals surface area (Å²) in [5.74, 6) is -0.280. The first-order chi connectivity index (χ1) is 5.65. The van der Waals surface area contributed by atoms with Gasteiger partial charge in [0.25, 0.3) is 0 Å². The smallest absolute Gasteiger partial charge is 0.330 e. The van der Waals surface area contributed by atoms with Crippen molar-refractivity contribution in [3.05, 3.63) is 18.0 Å². The SMILES string of the molecule is COC(=O)C(C)n1cc(C)cn1. The van der Waals surface area contributed by atoms with Crippen molar-refractivity contribution in [1.29, 1.82) is 0 Å². The molecule has 1 aromatic rings. The highest BCUT2D eigenvalue weighted by atomic mass is 16.5. The molecule has 0 fully saturated rings. The number of ether oxygens (including phenoxy) is 1. The number of rotatable bonds is 2. The van der Waals surface area contributed by atoms with Gasteiger partial charge in [0.2, 0.25) is 0 Å². The van der Waals surface area contributed by atoms with Crippen molar-refractivity contribution in [2.45, 2.75) is 19.9 Å². The summed E-state index contributed by atoms with van der Waals surface area (Å²) >= 11 is 0. The maximum absolute atomic E-state index is 11.0. The normalized spacial score (nSPS) is 12.6. The number of aryl methyl sites for hydroxylation is 1. The fraction of sp³-hybridized carbons (Fsp3) is 0.500. The summed E-state index contributed by atoms with van der Waals surface area (Å²) < 4.78 is 6.16. The van der Waals surface area contributed by atoms with Crippen LogP contribution >= 0.6 is 0 Å². The van der Waals surface area contributed by atoms with Crippen LogP contribution in [0.5, 0.6) is 0 Å². The molecule has 0 spiro atoms. The second-order valence-electron chi connectivity index (χ2n) is 2.70. The third-order valence-electron chi connectivity index (χ3n) is 1.67. The van der Waals surface area contributed by atoms with Crippen LogP contribution in [-0.4, -0.2) is 22.9 Å². The minimum atomic E-state index is -0.344. The minimum Gasteiger partial charge on any atom is -0.467 e. The number of hydrogen-bond acceptors (Lipinski definition) is 3. The van der Waals surface area contributed by atoms with Gasteiger partial charge in [0, 0.05) is 6.20 Å². The summed E-state index contributed by atoms with van der Waals surface area (Å²) in [7, 11) is 1.37. The van der Waals surface area contributed by atoms with Crippen LogP contribution in [0.2, 0.25) is 0 Å². The molecule has 1 unspecified atom stereocenters. The van der Waals surface area contributed by atoms with E-state index in [1.54, 1.807) is 17.8 Å². The lowest BCUT2D eigenvalue weighted by Crippen LogP contribution is -2.17. The third-order valence-corrected chi connectivity index (χ3v) is 1.67. The van der Waals surface area contributed by atoms with Crippen LogP contribution in [-0.2, 0) is 9.53 Å². The van der Waals surface area contributed by atoms with Crippen LogP contribution in [0.4, 0.5) is 0 Å². The van der Waals surface area contributed by atoms with Gasteiger partial charge in [-0.2, -0.15) is 5.10 Å². The third kappa shape index (κ3) is 1.64. The zero-order valence-corrected chi connectivity index (χ0v) is 7.44. The summed E-state index contributed by atoms with van der Waals surface area (Å²) in [6, 6.07) is -0.344. The number of hydrogen-bond donors (Lipinski definition) is 0. The molecule has 66 valence electrons. The summed E-state index contributed by atoms with van der Waals surface area (Å²) in [6.45, 7) is 3.67. The van der Waals surface area contributed by atoms with Gasteiger partial charge < -0.3 is 4.74 Å². The summed E-state index contributed by atoms with van der Waals surface area (Å²) in [5.41, 5.74) is 1.03. The first-order valence-electron chi connectivity index (χ1n) is 3.73. The van der Waals surface area contributed by atoms with E-state index in [2.05, 4.69) is 9.84 Å². The van der Waals surface area contributed by atoms with E-state index >= 15 is 0 Å². The van der Waals surface area contributed by atoms with Crippen molar-refractivity contribution in [3.63, 3.8) is 0 Å². The average Bonchev–Trinajstić information content (AvgIpc) is 2.49. The fourth-order valence-electron chi connectivity index (χ4n) is 0.923. The molecule has 0 aliphatic heterocycles. The molecule has 1 heterocycles. The van der Waals surface area contributed by atoms with E-state index in [0.29, 0.717) is 0 Å². The highest BCUT2D eigenvalue weighted by molar-refractivity contribution is 5.73. The molecule has 12 heavy (non-hydrogen) atoms. The summed E-state index contributed by atoms with van der Waals surface area (Å²) in [4.78, 5) is 11.0. The zero-order valence-electron chi connectivity index (χ0n) is 7.44. The Labute approximate surface area is 71.1 Å². The number of methoxy groups -OCH3 is 1. The maximum Gasteiger partial charge on any atom is 0.330 e. The van der Waals surface area contributed by atoms with Gasteiger partial charge in [0.05, 0.1) is 13.3 Å².